The van der Waals surface area contributed by atoms with Gasteiger partial charge in [0.05, 0.1) is 0 Å². The van der Waals surface area contributed by atoms with Crippen molar-refractivity contribution in [2.24, 2.45) is 5.92 Å². The first-order chi connectivity index (χ1) is 7.70. The number of halogens is 1. The van der Waals surface area contributed by atoms with Crippen molar-refractivity contribution in [2.45, 2.75) is 31.5 Å². The van der Waals surface area contributed by atoms with E-state index in [4.69, 9.17) is 4.74 Å². The van der Waals surface area contributed by atoms with E-state index in [1.807, 2.05) is 0 Å². The summed E-state index contributed by atoms with van der Waals surface area (Å²) in [7, 11) is 0. The molecule has 1 unspecified atom stereocenters. The molecule has 0 aromatic heterocycles. The molecule has 1 aromatic rings. The normalized spacial score (nSPS) is 13.0. The fourth-order valence-corrected chi connectivity index (χ4v) is 2.14. The zero-order valence-corrected chi connectivity index (χ0v) is 11.7. The quantitative estimate of drug-likeness (QED) is 0.526. The van der Waals surface area contributed by atoms with Crippen LogP contribution in [0.1, 0.15) is 37.1 Å². The van der Waals surface area contributed by atoms with Crippen molar-refractivity contribution in [3.8, 4) is 0 Å². The van der Waals surface area contributed by atoms with Gasteiger partial charge in [0.1, 0.15) is 0 Å². The van der Waals surface area contributed by atoms with E-state index < -0.39 is 0 Å². The molecule has 1 nitrogen and oxygen atoms in total. The van der Waals surface area contributed by atoms with Gasteiger partial charge >= 0.3 is 0 Å². The Kier molecular flexibility index (Phi) is 6.74. The van der Waals surface area contributed by atoms with Gasteiger partial charge in [0.15, 0.2) is 0 Å². The predicted molar refractivity (Wildman–Crippen MR) is 73.0 cm³/mol. The number of rotatable bonds is 7. The predicted octanol–water partition coefficient (Wildman–Crippen LogP) is 4.58. The molecule has 0 aliphatic rings. The standard InChI is InChI=1S/C14H21BrO/c1-12(2)11-16-10-6-9-14(15)13-7-4-3-5-8-13/h3-5,7-8,12,14H,6,9-11H2,1-2H3. The Bertz CT molecular complexity index is 271. The summed E-state index contributed by atoms with van der Waals surface area (Å²) < 4.78 is 5.56. The third kappa shape index (κ3) is 5.66. The van der Waals surface area contributed by atoms with Gasteiger partial charge in [0.25, 0.3) is 0 Å². The van der Waals surface area contributed by atoms with E-state index in [9.17, 15) is 0 Å². The summed E-state index contributed by atoms with van der Waals surface area (Å²) in [6, 6.07) is 10.5. The van der Waals surface area contributed by atoms with Crippen LogP contribution >= 0.6 is 15.9 Å². The molecule has 0 aliphatic carbocycles. The largest absolute Gasteiger partial charge is 0.381 e. The Hall–Kier alpha value is -0.340. The Morgan fingerprint density at radius 2 is 1.88 bits per heavy atom. The molecular formula is C14H21BrO. The van der Waals surface area contributed by atoms with Crippen LogP contribution in [0.3, 0.4) is 0 Å². The van der Waals surface area contributed by atoms with Gasteiger partial charge in [0, 0.05) is 18.0 Å². The maximum Gasteiger partial charge on any atom is 0.0488 e. The highest BCUT2D eigenvalue weighted by Crippen LogP contribution is 2.27. The highest BCUT2D eigenvalue weighted by Gasteiger charge is 2.05. The van der Waals surface area contributed by atoms with Crippen LogP contribution in [0.2, 0.25) is 0 Å². The molecular weight excluding hydrogens is 264 g/mol. The first-order valence-corrected chi connectivity index (χ1v) is 6.88. The molecule has 16 heavy (non-hydrogen) atoms. The van der Waals surface area contributed by atoms with Gasteiger partial charge < -0.3 is 4.74 Å². The van der Waals surface area contributed by atoms with Gasteiger partial charge in [-0.25, -0.2) is 0 Å². The van der Waals surface area contributed by atoms with E-state index in [0.717, 1.165) is 26.1 Å². The molecule has 0 spiro atoms. The Morgan fingerprint density at radius 3 is 2.50 bits per heavy atom. The number of alkyl halides is 1. The summed E-state index contributed by atoms with van der Waals surface area (Å²) in [5.74, 6) is 0.633. The summed E-state index contributed by atoms with van der Waals surface area (Å²) in [5, 5.41) is 0. The van der Waals surface area contributed by atoms with Crippen molar-refractivity contribution in [2.75, 3.05) is 13.2 Å². The lowest BCUT2D eigenvalue weighted by Gasteiger charge is -2.11. The minimum absolute atomic E-state index is 0.455. The van der Waals surface area contributed by atoms with Crippen molar-refractivity contribution >= 4 is 15.9 Å². The molecule has 0 saturated heterocycles. The van der Waals surface area contributed by atoms with Crippen LogP contribution in [0.4, 0.5) is 0 Å². The third-order valence-corrected chi connectivity index (χ3v) is 3.35. The summed E-state index contributed by atoms with van der Waals surface area (Å²) in [4.78, 5) is 0.455. The molecule has 0 saturated carbocycles. The maximum absolute atomic E-state index is 5.56. The minimum atomic E-state index is 0.455. The van der Waals surface area contributed by atoms with Crippen LogP contribution in [0.15, 0.2) is 30.3 Å². The summed E-state index contributed by atoms with van der Waals surface area (Å²) in [5.41, 5.74) is 1.35. The molecule has 0 amide bonds. The number of benzene rings is 1. The van der Waals surface area contributed by atoms with Crippen LogP contribution < -0.4 is 0 Å². The molecule has 0 heterocycles. The highest BCUT2D eigenvalue weighted by atomic mass is 79.9. The van der Waals surface area contributed by atoms with Crippen molar-refractivity contribution in [3.05, 3.63) is 35.9 Å². The van der Waals surface area contributed by atoms with Gasteiger partial charge in [0.2, 0.25) is 0 Å². The number of hydrogen-bond acceptors (Lipinski definition) is 1. The van der Waals surface area contributed by atoms with Gasteiger partial charge in [-0.2, -0.15) is 0 Å². The number of hydrogen-bond donors (Lipinski definition) is 0. The average molecular weight is 285 g/mol. The van der Waals surface area contributed by atoms with Crippen molar-refractivity contribution in [3.63, 3.8) is 0 Å². The van der Waals surface area contributed by atoms with Gasteiger partial charge in [-0.1, -0.05) is 60.1 Å². The maximum atomic E-state index is 5.56. The summed E-state index contributed by atoms with van der Waals surface area (Å²) in [6.45, 7) is 6.10. The van der Waals surface area contributed by atoms with Crippen molar-refractivity contribution in [1.82, 2.24) is 0 Å². The summed E-state index contributed by atoms with van der Waals surface area (Å²) >= 11 is 3.71. The molecule has 0 radical (unpaired) electrons. The van der Waals surface area contributed by atoms with Crippen LogP contribution in [0.5, 0.6) is 0 Å². The Morgan fingerprint density at radius 1 is 1.19 bits per heavy atom. The number of ether oxygens (including phenoxy) is 1. The van der Waals surface area contributed by atoms with Gasteiger partial charge in [-0.15, -0.1) is 0 Å². The fourth-order valence-electron chi connectivity index (χ4n) is 1.51. The molecule has 0 N–H and O–H groups in total. The molecule has 90 valence electrons. The van der Waals surface area contributed by atoms with Crippen LogP contribution in [-0.4, -0.2) is 13.2 Å². The average Bonchev–Trinajstić information content (AvgIpc) is 2.29. The second-order valence-corrected chi connectivity index (χ2v) is 5.59. The monoisotopic (exact) mass is 284 g/mol. The zero-order valence-electron chi connectivity index (χ0n) is 10.2. The molecule has 0 fully saturated rings. The van der Waals surface area contributed by atoms with E-state index in [-0.39, 0.29) is 0 Å². The van der Waals surface area contributed by atoms with E-state index in [0.29, 0.717) is 10.7 Å². The summed E-state index contributed by atoms with van der Waals surface area (Å²) in [6.07, 6.45) is 2.24. The Balaban J connectivity index is 2.14. The topological polar surface area (TPSA) is 9.23 Å². The lowest BCUT2D eigenvalue weighted by molar-refractivity contribution is 0.107. The molecule has 1 atom stereocenters. The van der Waals surface area contributed by atoms with E-state index in [1.165, 1.54) is 5.56 Å². The third-order valence-electron chi connectivity index (χ3n) is 2.36. The first-order valence-electron chi connectivity index (χ1n) is 5.97. The van der Waals surface area contributed by atoms with Crippen LogP contribution in [-0.2, 0) is 4.74 Å². The molecule has 2 heteroatoms. The Labute approximate surface area is 107 Å². The molecule has 1 aromatic carbocycles. The molecule has 0 bridgehead atoms. The van der Waals surface area contributed by atoms with Crippen LogP contribution in [0, 0.1) is 5.92 Å². The van der Waals surface area contributed by atoms with E-state index >= 15 is 0 Å². The lowest BCUT2D eigenvalue weighted by Crippen LogP contribution is -2.03. The van der Waals surface area contributed by atoms with Crippen molar-refractivity contribution in [1.29, 1.82) is 0 Å². The zero-order chi connectivity index (χ0) is 11.8. The molecule has 0 aliphatic heterocycles. The van der Waals surface area contributed by atoms with Gasteiger partial charge in [-0.05, 0) is 24.3 Å². The fraction of sp³-hybridized carbons (Fsp3) is 0.571. The second kappa shape index (κ2) is 7.86. The smallest absolute Gasteiger partial charge is 0.0488 e. The van der Waals surface area contributed by atoms with E-state index in [1.54, 1.807) is 0 Å². The first kappa shape index (κ1) is 13.7. The van der Waals surface area contributed by atoms with Gasteiger partial charge in [-0.3, -0.25) is 0 Å². The highest BCUT2D eigenvalue weighted by molar-refractivity contribution is 9.09. The minimum Gasteiger partial charge on any atom is -0.381 e. The molecule has 1 rings (SSSR count). The van der Waals surface area contributed by atoms with Crippen LogP contribution in [0.25, 0.3) is 0 Å². The lowest BCUT2D eigenvalue weighted by atomic mass is 10.1. The SMILES string of the molecule is CC(C)COCCCC(Br)c1ccccc1. The van der Waals surface area contributed by atoms with E-state index in [2.05, 4.69) is 60.1 Å². The second-order valence-electron chi connectivity index (χ2n) is 4.49. The van der Waals surface area contributed by atoms with Crippen molar-refractivity contribution < 1.29 is 4.74 Å².